The van der Waals surface area contributed by atoms with Crippen LogP contribution in [0.5, 0.6) is 0 Å². The van der Waals surface area contributed by atoms with E-state index in [1.165, 1.54) is 0 Å². The first-order valence-corrected chi connectivity index (χ1v) is 11.1. The van der Waals surface area contributed by atoms with Crippen molar-refractivity contribution >= 4 is 17.7 Å². The maximum atomic E-state index is 13.1. The molecule has 166 valence electrons. The van der Waals surface area contributed by atoms with E-state index in [1.54, 1.807) is 26.0 Å². The van der Waals surface area contributed by atoms with E-state index in [4.69, 9.17) is 9.47 Å². The van der Waals surface area contributed by atoms with E-state index in [1.807, 2.05) is 20.8 Å². The molecule has 6 atom stereocenters. The number of fused-ring (bicyclic) bond motifs is 3. The molecule has 0 aromatic carbocycles. The van der Waals surface area contributed by atoms with Gasteiger partial charge in [-0.15, -0.1) is 0 Å². The molecule has 3 saturated carbocycles. The molecule has 3 fully saturated rings. The summed E-state index contributed by atoms with van der Waals surface area (Å²) in [5.41, 5.74) is 0.725. The van der Waals surface area contributed by atoms with Crippen molar-refractivity contribution in [3.05, 3.63) is 23.3 Å². The number of esters is 2. The van der Waals surface area contributed by atoms with Gasteiger partial charge in [-0.3, -0.25) is 9.59 Å². The van der Waals surface area contributed by atoms with Crippen molar-refractivity contribution in [2.75, 3.05) is 0 Å². The molecular formula is C25H36O5. The topological polar surface area (TPSA) is 69.7 Å². The third-order valence-corrected chi connectivity index (χ3v) is 7.89. The molecule has 4 rings (SSSR count). The number of carbonyl (C=O) groups excluding carboxylic acids is 3. The number of rotatable bonds is 5. The second kappa shape index (κ2) is 7.65. The summed E-state index contributed by atoms with van der Waals surface area (Å²) >= 11 is 0. The van der Waals surface area contributed by atoms with Gasteiger partial charge < -0.3 is 9.47 Å². The van der Waals surface area contributed by atoms with E-state index in [0.29, 0.717) is 18.4 Å². The summed E-state index contributed by atoms with van der Waals surface area (Å²) in [7, 11) is 0. The van der Waals surface area contributed by atoms with Crippen LogP contribution in [0.4, 0.5) is 0 Å². The van der Waals surface area contributed by atoms with Gasteiger partial charge in [-0.25, -0.2) is 4.79 Å². The Kier molecular flexibility index (Phi) is 5.81. The van der Waals surface area contributed by atoms with Crippen molar-refractivity contribution in [2.24, 2.45) is 34.5 Å². The van der Waals surface area contributed by atoms with Crippen LogP contribution in [0.3, 0.4) is 0 Å². The predicted octanol–water partition coefficient (Wildman–Crippen LogP) is 4.65. The zero-order chi connectivity index (χ0) is 22.6. The van der Waals surface area contributed by atoms with E-state index >= 15 is 0 Å². The van der Waals surface area contributed by atoms with Gasteiger partial charge in [0, 0.05) is 35.2 Å². The van der Waals surface area contributed by atoms with Crippen LogP contribution in [0.15, 0.2) is 23.3 Å². The minimum absolute atomic E-state index is 0.0671. The van der Waals surface area contributed by atoms with Crippen molar-refractivity contribution in [3.8, 4) is 0 Å². The number of ether oxygens (including phenoxy) is 2. The molecule has 0 radical (unpaired) electrons. The van der Waals surface area contributed by atoms with Gasteiger partial charge in [0.2, 0.25) is 0 Å². The molecule has 0 aromatic rings. The first-order chi connectivity index (χ1) is 13.8. The van der Waals surface area contributed by atoms with E-state index in [0.717, 1.165) is 5.57 Å². The van der Waals surface area contributed by atoms with Crippen LogP contribution < -0.4 is 0 Å². The van der Waals surface area contributed by atoms with Gasteiger partial charge in [0.25, 0.3) is 0 Å². The fourth-order valence-electron chi connectivity index (χ4n) is 6.18. The summed E-state index contributed by atoms with van der Waals surface area (Å²) in [4.78, 5) is 38.3. The smallest absolute Gasteiger partial charge is 0.333 e. The highest BCUT2D eigenvalue weighted by molar-refractivity contribution is 5.97. The van der Waals surface area contributed by atoms with Crippen molar-refractivity contribution in [3.63, 3.8) is 0 Å². The lowest BCUT2D eigenvalue weighted by atomic mass is 9.37. The Morgan fingerprint density at radius 2 is 1.80 bits per heavy atom. The summed E-state index contributed by atoms with van der Waals surface area (Å²) in [6, 6.07) is 0. The van der Waals surface area contributed by atoms with Crippen LogP contribution in [-0.2, 0) is 23.9 Å². The summed E-state index contributed by atoms with van der Waals surface area (Å²) < 4.78 is 12.0. The second-order valence-corrected chi connectivity index (χ2v) is 10.6. The van der Waals surface area contributed by atoms with Gasteiger partial charge in [-0.1, -0.05) is 46.3 Å². The van der Waals surface area contributed by atoms with Crippen molar-refractivity contribution in [1.82, 2.24) is 0 Å². The zero-order valence-electron chi connectivity index (χ0n) is 19.6. The van der Waals surface area contributed by atoms with Crippen molar-refractivity contribution in [2.45, 2.75) is 80.4 Å². The van der Waals surface area contributed by atoms with Gasteiger partial charge in [0.05, 0.1) is 0 Å². The Hall–Kier alpha value is -1.91. The quantitative estimate of drug-likeness (QED) is 0.482. The Morgan fingerprint density at radius 3 is 2.33 bits per heavy atom. The molecule has 0 aliphatic heterocycles. The van der Waals surface area contributed by atoms with Gasteiger partial charge >= 0.3 is 11.9 Å². The number of carbonyl (C=O) groups is 3. The Balaban J connectivity index is 2.02. The monoisotopic (exact) mass is 416 g/mol. The van der Waals surface area contributed by atoms with Crippen LogP contribution in [0.2, 0.25) is 0 Å². The van der Waals surface area contributed by atoms with Crippen LogP contribution in [0.25, 0.3) is 0 Å². The number of allylic oxidation sites excluding steroid dienone is 3. The molecule has 30 heavy (non-hydrogen) atoms. The molecule has 0 aromatic heterocycles. The highest BCUT2D eigenvalue weighted by Gasteiger charge is 2.74. The largest absolute Gasteiger partial charge is 0.462 e. The minimum atomic E-state index is -0.465. The highest BCUT2D eigenvalue weighted by Crippen LogP contribution is 2.72. The first-order valence-electron chi connectivity index (χ1n) is 11.1. The molecule has 4 aliphatic carbocycles. The third kappa shape index (κ3) is 3.34. The number of ketones is 1. The summed E-state index contributed by atoms with van der Waals surface area (Å²) in [6.07, 6.45) is 3.34. The molecule has 0 N–H and O–H groups in total. The van der Waals surface area contributed by atoms with Gasteiger partial charge in [0.15, 0.2) is 5.78 Å². The van der Waals surface area contributed by atoms with E-state index < -0.39 is 23.0 Å². The Labute approximate surface area is 180 Å². The fourth-order valence-corrected chi connectivity index (χ4v) is 6.18. The van der Waals surface area contributed by atoms with E-state index in [-0.39, 0.29) is 41.4 Å². The maximum Gasteiger partial charge on any atom is 0.333 e. The van der Waals surface area contributed by atoms with Crippen LogP contribution in [0.1, 0.15) is 68.2 Å². The highest BCUT2D eigenvalue weighted by atomic mass is 16.6. The lowest BCUT2D eigenvalue weighted by Crippen LogP contribution is -2.67. The third-order valence-electron chi connectivity index (χ3n) is 7.89. The van der Waals surface area contributed by atoms with Crippen LogP contribution in [0, 0.1) is 34.5 Å². The van der Waals surface area contributed by atoms with Crippen molar-refractivity contribution < 1.29 is 23.9 Å². The zero-order valence-corrected chi connectivity index (χ0v) is 19.6. The maximum absolute atomic E-state index is 13.1. The molecule has 0 spiro atoms. The molecule has 0 heterocycles. The molecule has 0 amide bonds. The van der Waals surface area contributed by atoms with Gasteiger partial charge in [-0.2, -0.15) is 0 Å². The standard InChI is InChI=1S/C25H36O5/c1-9-14(4)23(28)30-17-12-18(29-19(27)10-13(2)3)25(8)20-15(5)11-16(26)21(25)22(20)24(17,6)7/h9,11,13,17-18,20-22H,10,12H2,1-8H3/b14-9+/t17-,18-,20?,21?,22?,25?/m1/s1. The summed E-state index contributed by atoms with van der Waals surface area (Å²) in [5, 5.41) is 0. The Morgan fingerprint density at radius 1 is 1.17 bits per heavy atom. The molecule has 5 heteroatoms. The van der Waals surface area contributed by atoms with Gasteiger partial charge in [0.1, 0.15) is 12.2 Å². The second-order valence-electron chi connectivity index (χ2n) is 10.6. The molecule has 5 nitrogen and oxygen atoms in total. The normalized spacial score (nSPS) is 37.1. The molecule has 0 saturated heterocycles. The van der Waals surface area contributed by atoms with Crippen molar-refractivity contribution in [1.29, 1.82) is 0 Å². The molecular weight excluding hydrogens is 380 g/mol. The van der Waals surface area contributed by atoms with Crippen LogP contribution >= 0.6 is 0 Å². The summed E-state index contributed by atoms with van der Waals surface area (Å²) in [6.45, 7) is 15.8. The average Bonchev–Trinajstić information content (AvgIpc) is 2.72. The van der Waals surface area contributed by atoms with Gasteiger partial charge in [-0.05, 0) is 44.6 Å². The van der Waals surface area contributed by atoms with E-state index in [2.05, 4.69) is 20.8 Å². The van der Waals surface area contributed by atoms with E-state index in [9.17, 15) is 14.4 Å². The number of hydrogen-bond donors (Lipinski definition) is 0. The number of hydrogen-bond acceptors (Lipinski definition) is 5. The summed E-state index contributed by atoms with van der Waals surface area (Å²) in [5.74, 6) is -0.315. The molecule has 4 bridgehead atoms. The first kappa shape index (κ1) is 22.8. The molecule has 4 aliphatic rings. The lowest BCUT2D eigenvalue weighted by Gasteiger charge is -2.65. The Bertz CT molecular complexity index is 817. The predicted molar refractivity (Wildman–Crippen MR) is 114 cm³/mol. The average molecular weight is 417 g/mol. The SMILES string of the molecule is C/C=C(\C)C(=O)O[C@@H]1C[C@@H](OC(=O)CC(C)C)C2(C)C3C(=O)C=C(C)C2C3C1(C)C. The fraction of sp³-hybridized carbons (Fsp3) is 0.720. The lowest BCUT2D eigenvalue weighted by molar-refractivity contribution is -0.204. The molecule has 4 unspecified atom stereocenters. The van der Waals surface area contributed by atoms with Crippen LogP contribution in [-0.4, -0.2) is 29.9 Å². The minimum Gasteiger partial charge on any atom is -0.462 e.